The van der Waals surface area contributed by atoms with Crippen LogP contribution in [0.3, 0.4) is 0 Å². The Labute approximate surface area is 76.7 Å². The highest BCUT2D eigenvalue weighted by Crippen LogP contribution is 2.32. The number of carbonyl (C=O) groups is 1. The molecule has 4 nitrogen and oxygen atoms in total. The van der Waals surface area contributed by atoms with Gasteiger partial charge in [0, 0.05) is 6.20 Å². The molecule has 0 aliphatic rings. The summed E-state index contributed by atoms with van der Waals surface area (Å²) in [6, 6.07) is 0.530. The highest BCUT2D eigenvalue weighted by Gasteiger charge is 2.35. The van der Waals surface area contributed by atoms with E-state index in [-0.39, 0.29) is 5.82 Å². The van der Waals surface area contributed by atoms with E-state index in [9.17, 15) is 18.0 Å². The first kappa shape index (κ1) is 10.3. The third-order valence-electron chi connectivity index (χ3n) is 1.48. The van der Waals surface area contributed by atoms with Crippen LogP contribution in [0.2, 0.25) is 0 Å². The van der Waals surface area contributed by atoms with Crippen molar-refractivity contribution in [1.29, 1.82) is 0 Å². The fourth-order valence-electron chi connectivity index (χ4n) is 0.887. The third-order valence-corrected chi connectivity index (χ3v) is 1.48. The van der Waals surface area contributed by atoms with Crippen LogP contribution < -0.4 is 11.5 Å². The fourth-order valence-corrected chi connectivity index (χ4v) is 0.887. The number of aromatic nitrogens is 1. The molecule has 0 aromatic carbocycles. The first-order valence-electron chi connectivity index (χ1n) is 3.41. The van der Waals surface area contributed by atoms with Crippen LogP contribution in [0.5, 0.6) is 0 Å². The summed E-state index contributed by atoms with van der Waals surface area (Å²) in [4.78, 5) is 13.8. The molecule has 0 saturated heterocycles. The second-order valence-corrected chi connectivity index (χ2v) is 2.48. The van der Waals surface area contributed by atoms with E-state index >= 15 is 0 Å². The molecule has 1 aromatic rings. The molecule has 0 fully saturated rings. The van der Waals surface area contributed by atoms with Crippen LogP contribution in [0.1, 0.15) is 15.9 Å². The standard InChI is InChI=1S/C7H5F3N3O/c8-7(9,10)4-1-5(11)13-2-3(4)6(12)14/h1-2,12H,(H2,11,13). The zero-order valence-electron chi connectivity index (χ0n) is 6.72. The van der Waals surface area contributed by atoms with Crippen molar-refractivity contribution < 1.29 is 18.0 Å². The number of pyridine rings is 1. The number of hydrogen-bond acceptors (Lipinski definition) is 3. The van der Waals surface area contributed by atoms with Gasteiger partial charge >= 0.3 is 6.18 Å². The van der Waals surface area contributed by atoms with Crippen LogP contribution in [-0.2, 0) is 6.18 Å². The third kappa shape index (κ3) is 1.93. The average Bonchev–Trinajstić information content (AvgIpc) is 2.01. The summed E-state index contributed by atoms with van der Waals surface area (Å²) in [6.07, 6.45) is -4.06. The number of amides is 1. The summed E-state index contributed by atoms with van der Waals surface area (Å²) >= 11 is 0. The molecular weight excluding hydrogens is 199 g/mol. The van der Waals surface area contributed by atoms with E-state index < -0.39 is 23.2 Å². The highest BCUT2D eigenvalue weighted by atomic mass is 19.4. The molecule has 0 aliphatic carbocycles. The fraction of sp³-hybridized carbons (Fsp3) is 0.143. The number of hydrogen-bond donors (Lipinski definition) is 1. The maximum atomic E-state index is 12.3. The summed E-state index contributed by atoms with van der Waals surface area (Å²) in [5.41, 5.74) is 9.60. The molecule has 0 bridgehead atoms. The van der Waals surface area contributed by atoms with Gasteiger partial charge < -0.3 is 5.73 Å². The quantitative estimate of drug-likeness (QED) is 0.743. The van der Waals surface area contributed by atoms with Gasteiger partial charge in [-0.1, -0.05) is 0 Å². The van der Waals surface area contributed by atoms with Crippen LogP contribution >= 0.6 is 0 Å². The Morgan fingerprint density at radius 1 is 1.50 bits per heavy atom. The topological polar surface area (TPSA) is 79.8 Å². The first-order valence-corrected chi connectivity index (χ1v) is 3.41. The van der Waals surface area contributed by atoms with Gasteiger partial charge in [-0.15, -0.1) is 0 Å². The lowest BCUT2D eigenvalue weighted by molar-refractivity contribution is -0.137. The number of nitrogens with zero attached hydrogens (tertiary/aromatic N) is 1. The van der Waals surface area contributed by atoms with Crippen LogP contribution in [0.15, 0.2) is 12.3 Å². The predicted molar refractivity (Wildman–Crippen MR) is 41.1 cm³/mol. The number of halogens is 3. The van der Waals surface area contributed by atoms with Crippen molar-refractivity contribution in [2.45, 2.75) is 6.18 Å². The van der Waals surface area contributed by atoms with E-state index in [1.807, 2.05) is 0 Å². The van der Waals surface area contributed by atoms with Crippen LogP contribution in [0.4, 0.5) is 19.0 Å². The smallest absolute Gasteiger partial charge is 0.384 e. The summed E-state index contributed by atoms with van der Waals surface area (Å²) in [5.74, 6) is -1.79. The Kier molecular flexibility index (Phi) is 2.33. The summed E-state index contributed by atoms with van der Waals surface area (Å²) in [6.45, 7) is 0. The highest BCUT2D eigenvalue weighted by molar-refractivity contribution is 5.93. The zero-order valence-corrected chi connectivity index (χ0v) is 6.72. The van der Waals surface area contributed by atoms with Crippen molar-refractivity contribution in [1.82, 2.24) is 10.7 Å². The van der Waals surface area contributed by atoms with Crippen molar-refractivity contribution in [2.75, 3.05) is 5.73 Å². The Morgan fingerprint density at radius 2 is 2.07 bits per heavy atom. The van der Waals surface area contributed by atoms with Crippen LogP contribution in [-0.4, -0.2) is 10.9 Å². The van der Waals surface area contributed by atoms with Crippen molar-refractivity contribution in [3.05, 3.63) is 23.4 Å². The normalized spacial score (nSPS) is 11.4. The van der Waals surface area contributed by atoms with Gasteiger partial charge in [-0.3, -0.25) is 10.5 Å². The number of anilines is 1. The number of nitrogens with two attached hydrogens (primary N) is 1. The monoisotopic (exact) mass is 204 g/mol. The first-order chi connectivity index (χ1) is 6.32. The van der Waals surface area contributed by atoms with Crippen LogP contribution in [0.25, 0.3) is 0 Å². The van der Waals surface area contributed by atoms with Gasteiger partial charge in [-0.2, -0.15) is 13.2 Å². The van der Waals surface area contributed by atoms with Gasteiger partial charge in [-0.25, -0.2) is 4.98 Å². The molecule has 3 N–H and O–H groups in total. The number of alkyl halides is 3. The number of carbonyl (C=O) groups excluding carboxylic acids is 1. The molecule has 1 amide bonds. The van der Waals surface area contributed by atoms with Crippen LogP contribution in [0, 0.1) is 0 Å². The van der Waals surface area contributed by atoms with Crippen molar-refractivity contribution >= 4 is 11.7 Å². The Balaban J connectivity index is 3.38. The molecule has 7 heteroatoms. The number of nitrogens with one attached hydrogen (secondary N) is 1. The Bertz CT molecular complexity index is 375. The van der Waals surface area contributed by atoms with Gasteiger partial charge in [0.2, 0.25) is 0 Å². The number of rotatable bonds is 1. The van der Waals surface area contributed by atoms with E-state index in [4.69, 9.17) is 11.5 Å². The molecule has 1 radical (unpaired) electrons. The molecule has 0 spiro atoms. The molecule has 0 unspecified atom stereocenters. The lowest BCUT2D eigenvalue weighted by Crippen LogP contribution is -2.15. The minimum absolute atomic E-state index is 0.345. The van der Waals surface area contributed by atoms with E-state index in [1.165, 1.54) is 0 Å². The van der Waals surface area contributed by atoms with Gasteiger partial charge in [0.05, 0.1) is 11.1 Å². The van der Waals surface area contributed by atoms with E-state index in [2.05, 4.69) is 4.98 Å². The molecule has 14 heavy (non-hydrogen) atoms. The molecule has 1 aromatic heterocycles. The van der Waals surface area contributed by atoms with E-state index in [1.54, 1.807) is 0 Å². The molecule has 0 atom stereocenters. The minimum Gasteiger partial charge on any atom is -0.384 e. The van der Waals surface area contributed by atoms with Gasteiger partial charge in [0.15, 0.2) is 0 Å². The van der Waals surface area contributed by atoms with Crippen molar-refractivity contribution in [2.24, 2.45) is 0 Å². The van der Waals surface area contributed by atoms with E-state index in [0.717, 1.165) is 0 Å². The average molecular weight is 204 g/mol. The molecule has 1 heterocycles. The maximum Gasteiger partial charge on any atom is 0.417 e. The number of nitrogen functional groups attached to an aromatic ring is 1. The SMILES string of the molecule is [NH]C(=O)c1cnc(N)cc1C(F)(F)F. The van der Waals surface area contributed by atoms with Gasteiger partial charge in [0.25, 0.3) is 5.91 Å². The van der Waals surface area contributed by atoms with Crippen molar-refractivity contribution in [3.8, 4) is 0 Å². The molecule has 75 valence electrons. The zero-order chi connectivity index (χ0) is 10.9. The van der Waals surface area contributed by atoms with Gasteiger partial charge in [0.1, 0.15) is 5.82 Å². The minimum atomic E-state index is -4.71. The lowest BCUT2D eigenvalue weighted by atomic mass is 10.1. The second kappa shape index (κ2) is 3.17. The maximum absolute atomic E-state index is 12.3. The lowest BCUT2D eigenvalue weighted by Gasteiger charge is -2.09. The Morgan fingerprint density at radius 3 is 2.50 bits per heavy atom. The molecule has 1 rings (SSSR count). The summed E-state index contributed by atoms with van der Waals surface area (Å²) < 4.78 is 36.8. The molecule has 0 aliphatic heterocycles. The second-order valence-electron chi connectivity index (χ2n) is 2.48. The van der Waals surface area contributed by atoms with E-state index in [0.29, 0.717) is 12.3 Å². The van der Waals surface area contributed by atoms with Crippen molar-refractivity contribution in [3.63, 3.8) is 0 Å². The van der Waals surface area contributed by atoms with Gasteiger partial charge in [-0.05, 0) is 6.07 Å². The molecule has 0 saturated carbocycles. The molecular formula is C7H5F3N3O. The predicted octanol–water partition coefficient (Wildman–Crippen LogP) is 1.11. The summed E-state index contributed by atoms with van der Waals surface area (Å²) in [7, 11) is 0. The largest absolute Gasteiger partial charge is 0.417 e. The summed E-state index contributed by atoms with van der Waals surface area (Å²) in [5, 5.41) is 0. The Hall–Kier alpha value is -1.79.